The second-order valence-electron chi connectivity index (χ2n) is 17.8. The third-order valence-corrected chi connectivity index (χ3v) is 12.7. The van der Waals surface area contributed by atoms with Crippen molar-refractivity contribution in [3.63, 3.8) is 0 Å². The minimum Gasteiger partial charge on any atom is -0.206 e. The minimum atomic E-state index is -0.132. The molecule has 63 heavy (non-hydrogen) atoms. The summed E-state index contributed by atoms with van der Waals surface area (Å²) >= 11 is 0. The molecule has 0 aromatic heterocycles. The molecule has 0 bridgehead atoms. The van der Waals surface area contributed by atoms with Crippen LogP contribution in [-0.4, -0.2) is 0 Å². The predicted octanol–water partition coefficient (Wildman–Crippen LogP) is 17.9. The maximum absolute atomic E-state index is 14.8. The van der Waals surface area contributed by atoms with E-state index in [1.807, 2.05) is 37.3 Å². The van der Waals surface area contributed by atoms with E-state index in [9.17, 15) is 8.78 Å². The molecule has 0 nitrogen and oxygen atoms in total. The van der Waals surface area contributed by atoms with Gasteiger partial charge in [0.2, 0.25) is 0 Å². The first-order chi connectivity index (χ1) is 30.9. The van der Waals surface area contributed by atoms with Crippen LogP contribution < -0.4 is 0 Å². The van der Waals surface area contributed by atoms with Gasteiger partial charge in [0.15, 0.2) is 0 Å². The van der Waals surface area contributed by atoms with Gasteiger partial charge in [-0.1, -0.05) is 213 Å². The van der Waals surface area contributed by atoms with Crippen LogP contribution in [0, 0.1) is 11.6 Å². The van der Waals surface area contributed by atoms with Crippen LogP contribution in [0.1, 0.15) is 156 Å². The van der Waals surface area contributed by atoms with Gasteiger partial charge in [0.1, 0.15) is 11.6 Å². The Bertz CT molecular complexity index is 2140. The van der Waals surface area contributed by atoms with Crippen molar-refractivity contribution in [2.45, 2.75) is 163 Å². The monoisotopic (exact) mass is 847 g/mol. The van der Waals surface area contributed by atoms with Crippen LogP contribution in [-0.2, 0) is 51.4 Å². The van der Waals surface area contributed by atoms with Crippen molar-refractivity contribution in [3.05, 3.63) is 190 Å². The van der Waals surface area contributed by atoms with Gasteiger partial charge in [-0.3, -0.25) is 0 Å². The zero-order valence-corrected chi connectivity index (χ0v) is 39.3. The van der Waals surface area contributed by atoms with E-state index in [1.54, 1.807) is 12.1 Å². The fourth-order valence-electron chi connectivity index (χ4n) is 8.43. The van der Waals surface area contributed by atoms with E-state index in [0.29, 0.717) is 11.1 Å². The normalized spacial score (nSPS) is 11.1. The van der Waals surface area contributed by atoms with Gasteiger partial charge in [0.25, 0.3) is 0 Å². The molecule has 6 rings (SSSR count). The third-order valence-electron chi connectivity index (χ3n) is 12.7. The molecule has 0 saturated heterocycles. The maximum Gasteiger partial charge on any atom is 0.131 e. The summed E-state index contributed by atoms with van der Waals surface area (Å²) in [5.41, 5.74) is 13.7. The SMILES string of the molecule is CCCCCCCc1ccc(-c2ccc(CCc3ccc(CCCCC)cc3)cc2)c(F)c1.CCCCCCCc1ccc(CCc2ccc(-c3ccc(CC)cc3F)cc2)cc1. The molecule has 6 aromatic carbocycles. The molecule has 334 valence electrons. The zero-order chi connectivity index (χ0) is 44.5. The fourth-order valence-corrected chi connectivity index (χ4v) is 8.43. The summed E-state index contributed by atoms with van der Waals surface area (Å²) < 4.78 is 29.1. The molecule has 0 spiro atoms. The molecule has 0 aliphatic rings. The lowest BCUT2D eigenvalue weighted by Gasteiger charge is -2.09. The lowest BCUT2D eigenvalue weighted by Crippen LogP contribution is -1.94. The molecular weight excluding hydrogens is 771 g/mol. The Hall–Kier alpha value is -4.82. The van der Waals surface area contributed by atoms with Crippen molar-refractivity contribution in [3.8, 4) is 22.3 Å². The summed E-state index contributed by atoms with van der Waals surface area (Å²) in [4.78, 5) is 0. The second-order valence-corrected chi connectivity index (χ2v) is 17.8. The van der Waals surface area contributed by atoms with Crippen LogP contribution >= 0.6 is 0 Å². The standard InChI is InChI=1S/C32H41F.C29H35F/c1-3-5-7-8-10-12-29-21-24-31(32(33)25-29)30-22-19-28(20-23-30)18-17-27-15-13-26(14-16-27)11-9-6-4-2;1-3-5-6-7-8-9-24-10-12-25(13-11-24)14-15-26-16-19-27(20-17-26)28-21-18-23(4-2)22-29(28)30/h13-16,19-25H,3-12,17-18H2,1-2H3;10-13,16-22H,3-9,14-15H2,1-2H3. The van der Waals surface area contributed by atoms with Gasteiger partial charge in [-0.05, 0) is 138 Å². The predicted molar refractivity (Wildman–Crippen MR) is 269 cm³/mol. The summed E-state index contributed by atoms with van der Waals surface area (Å²) in [6.45, 7) is 8.79. The number of aryl methyl sites for hydroxylation is 8. The lowest BCUT2D eigenvalue weighted by atomic mass is 9.97. The summed E-state index contributed by atoms with van der Waals surface area (Å²) in [6.07, 6.45) is 25.1. The minimum absolute atomic E-state index is 0.104. The quantitative estimate of drug-likeness (QED) is 0.0504. The smallest absolute Gasteiger partial charge is 0.131 e. The molecule has 0 N–H and O–H groups in total. The van der Waals surface area contributed by atoms with Gasteiger partial charge in [0.05, 0.1) is 0 Å². The average molecular weight is 847 g/mol. The van der Waals surface area contributed by atoms with Gasteiger partial charge >= 0.3 is 0 Å². The zero-order valence-electron chi connectivity index (χ0n) is 39.3. The van der Waals surface area contributed by atoms with Gasteiger partial charge < -0.3 is 0 Å². The van der Waals surface area contributed by atoms with Gasteiger partial charge in [-0.15, -0.1) is 0 Å². The van der Waals surface area contributed by atoms with Crippen LogP contribution in [0.2, 0.25) is 0 Å². The molecule has 2 heteroatoms. The van der Waals surface area contributed by atoms with Crippen LogP contribution in [0.15, 0.2) is 133 Å². The number of hydrogen-bond donors (Lipinski definition) is 0. The highest BCUT2D eigenvalue weighted by molar-refractivity contribution is 5.66. The topological polar surface area (TPSA) is 0 Å². The highest BCUT2D eigenvalue weighted by Gasteiger charge is 2.09. The number of hydrogen-bond acceptors (Lipinski definition) is 0. The van der Waals surface area contributed by atoms with E-state index < -0.39 is 0 Å². The molecule has 0 unspecified atom stereocenters. The van der Waals surface area contributed by atoms with Crippen molar-refractivity contribution in [1.82, 2.24) is 0 Å². The van der Waals surface area contributed by atoms with Gasteiger partial charge in [0, 0.05) is 11.1 Å². The summed E-state index contributed by atoms with van der Waals surface area (Å²) in [5.74, 6) is -0.236. The average Bonchev–Trinajstić information content (AvgIpc) is 3.31. The molecule has 0 amide bonds. The van der Waals surface area contributed by atoms with E-state index in [-0.39, 0.29) is 11.6 Å². The Morgan fingerprint density at radius 1 is 0.270 bits per heavy atom. The summed E-state index contributed by atoms with van der Waals surface area (Å²) in [6, 6.07) is 46.4. The molecular formula is C61H76F2. The molecule has 0 radical (unpaired) electrons. The Labute approximate surface area is 381 Å². The number of unbranched alkanes of at least 4 members (excludes halogenated alkanes) is 10. The molecule has 6 aromatic rings. The van der Waals surface area contributed by atoms with E-state index in [1.165, 1.54) is 123 Å². The van der Waals surface area contributed by atoms with E-state index in [0.717, 1.165) is 67.2 Å². The van der Waals surface area contributed by atoms with E-state index >= 15 is 0 Å². The molecule has 0 heterocycles. The Balaban J connectivity index is 0.000000239. The molecule has 0 atom stereocenters. The van der Waals surface area contributed by atoms with Crippen molar-refractivity contribution in [2.75, 3.05) is 0 Å². The van der Waals surface area contributed by atoms with Crippen molar-refractivity contribution in [1.29, 1.82) is 0 Å². The highest BCUT2D eigenvalue weighted by atomic mass is 19.1. The molecule has 0 saturated carbocycles. The Morgan fingerprint density at radius 2 is 0.540 bits per heavy atom. The van der Waals surface area contributed by atoms with Crippen LogP contribution in [0.3, 0.4) is 0 Å². The molecule has 0 aliphatic heterocycles. The lowest BCUT2D eigenvalue weighted by molar-refractivity contribution is 0.618. The van der Waals surface area contributed by atoms with E-state index in [4.69, 9.17) is 0 Å². The first kappa shape index (κ1) is 49.2. The molecule has 0 aliphatic carbocycles. The Kier molecular flexibility index (Phi) is 21.9. The van der Waals surface area contributed by atoms with Crippen molar-refractivity contribution < 1.29 is 8.78 Å². The van der Waals surface area contributed by atoms with Crippen molar-refractivity contribution >= 4 is 0 Å². The number of rotatable bonds is 25. The largest absolute Gasteiger partial charge is 0.206 e. The van der Waals surface area contributed by atoms with Crippen molar-refractivity contribution in [2.24, 2.45) is 0 Å². The maximum atomic E-state index is 14.8. The fraction of sp³-hybridized carbons (Fsp3) is 0.410. The van der Waals surface area contributed by atoms with Gasteiger partial charge in [-0.25, -0.2) is 8.78 Å². The first-order valence-corrected chi connectivity index (χ1v) is 24.8. The Morgan fingerprint density at radius 3 is 0.905 bits per heavy atom. The molecule has 0 fully saturated rings. The van der Waals surface area contributed by atoms with Crippen LogP contribution in [0.25, 0.3) is 22.3 Å². The van der Waals surface area contributed by atoms with Gasteiger partial charge in [-0.2, -0.15) is 0 Å². The number of halogens is 2. The second kappa shape index (κ2) is 28.1. The van der Waals surface area contributed by atoms with Crippen LogP contribution in [0.4, 0.5) is 8.78 Å². The third kappa shape index (κ3) is 17.3. The first-order valence-electron chi connectivity index (χ1n) is 24.8. The highest BCUT2D eigenvalue weighted by Crippen LogP contribution is 2.27. The summed E-state index contributed by atoms with van der Waals surface area (Å²) in [7, 11) is 0. The number of benzene rings is 6. The summed E-state index contributed by atoms with van der Waals surface area (Å²) in [5, 5.41) is 0. The van der Waals surface area contributed by atoms with E-state index in [2.05, 4.69) is 112 Å². The van der Waals surface area contributed by atoms with Crippen LogP contribution in [0.5, 0.6) is 0 Å².